The first-order chi connectivity index (χ1) is 8.24. The molecule has 1 aliphatic rings. The van der Waals surface area contributed by atoms with E-state index in [0.717, 1.165) is 5.56 Å². The molecule has 1 aromatic carbocycles. The monoisotopic (exact) mass is 235 g/mol. The van der Waals surface area contributed by atoms with Crippen LogP contribution in [0.1, 0.15) is 11.1 Å². The summed E-state index contributed by atoms with van der Waals surface area (Å²) in [6, 6.07) is 7.95. The van der Waals surface area contributed by atoms with E-state index in [-0.39, 0.29) is 12.2 Å². The van der Waals surface area contributed by atoms with Gasteiger partial charge in [0.25, 0.3) is 0 Å². The number of hydrogen-bond donors (Lipinski definition) is 1. The Hall–Kier alpha value is -1.39. The summed E-state index contributed by atoms with van der Waals surface area (Å²) < 4.78 is 10.5. The summed E-state index contributed by atoms with van der Waals surface area (Å²) in [5, 5.41) is 2.80. The zero-order valence-corrected chi connectivity index (χ0v) is 9.94. The van der Waals surface area contributed by atoms with Crippen LogP contribution < -0.4 is 5.32 Å². The molecule has 0 spiro atoms. The highest BCUT2D eigenvalue weighted by molar-refractivity contribution is 5.78. The van der Waals surface area contributed by atoms with Crippen molar-refractivity contribution in [3.05, 3.63) is 35.4 Å². The van der Waals surface area contributed by atoms with Gasteiger partial charge >= 0.3 is 0 Å². The van der Waals surface area contributed by atoms with Gasteiger partial charge in [-0.1, -0.05) is 29.8 Å². The largest absolute Gasteiger partial charge is 0.351 e. The van der Waals surface area contributed by atoms with Crippen LogP contribution in [0.5, 0.6) is 0 Å². The van der Waals surface area contributed by atoms with Gasteiger partial charge in [-0.3, -0.25) is 4.79 Å². The molecule has 2 rings (SSSR count). The SMILES string of the molecule is Cc1ccc(CC(=O)NCC2OCCO2)cc1. The molecular formula is C13H17NO3. The minimum atomic E-state index is -0.281. The third-order valence-corrected chi connectivity index (χ3v) is 2.64. The van der Waals surface area contributed by atoms with Crippen LogP contribution in [-0.2, 0) is 20.7 Å². The van der Waals surface area contributed by atoms with Crippen LogP contribution in [0.4, 0.5) is 0 Å². The fraction of sp³-hybridized carbons (Fsp3) is 0.462. The molecule has 4 heteroatoms. The summed E-state index contributed by atoms with van der Waals surface area (Å²) in [5.74, 6) is -0.00652. The lowest BCUT2D eigenvalue weighted by molar-refractivity contribution is -0.122. The summed E-state index contributed by atoms with van der Waals surface area (Å²) in [7, 11) is 0. The summed E-state index contributed by atoms with van der Waals surface area (Å²) >= 11 is 0. The molecule has 0 bridgehead atoms. The predicted molar refractivity (Wildman–Crippen MR) is 63.6 cm³/mol. The van der Waals surface area contributed by atoms with Gasteiger partial charge in [-0.15, -0.1) is 0 Å². The molecule has 4 nitrogen and oxygen atoms in total. The fourth-order valence-corrected chi connectivity index (χ4v) is 1.68. The number of benzene rings is 1. The van der Waals surface area contributed by atoms with Gasteiger partial charge in [0.1, 0.15) is 0 Å². The van der Waals surface area contributed by atoms with E-state index in [0.29, 0.717) is 26.2 Å². The van der Waals surface area contributed by atoms with Crippen molar-refractivity contribution in [1.29, 1.82) is 0 Å². The average molecular weight is 235 g/mol. The Labute approximate surface area is 101 Å². The predicted octanol–water partition coefficient (Wildman–Crippen LogP) is 1.03. The molecule has 0 saturated carbocycles. The Morgan fingerprint density at radius 2 is 1.94 bits per heavy atom. The van der Waals surface area contributed by atoms with Gasteiger partial charge in [-0.05, 0) is 12.5 Å². The Morgan fingerprint density at radius 1 is 1.29 bits per heavy atom. The zero-order valence-electron chi connectivity index (χ0n) is 9.94. The third kappa shape index (κ3) is 3.84. The first-order valence-corrected chi connectivity index (χ1v) is 5.79. The van der Waals surface area contributed by atoms with Crippen LogP contribution in [0.3, 0.4) is 0 Å². The highest BCUT2D eigenvalue weighted by Crippen LogP contribution is 2.04. The second kappa shape index (κ2) is 5.80. The molecule has 0 unspecified atom stereocenters. The van der Waals surface area contributed by atoms with E-state index in [1.54, 1.807) is 0 Å². The summed E-state index contributed by atoms with van der Waals surface area (Å²) in [4.78, 5) is 11.6. The first kappa shape index (κ1) is 12.1. The van der Waals surface area contributed by atoms with Gasteiger partial charge in [0.2, 0.25) is 5.91 Å². The zero-order chi connectivity index (χ0) is 12.1. The van der Waals surface area contributed by atoms with Gasteiger partial charge in [-0.2, -0.15) is 0 Å². The van der Waals surface area contributed by atoms with Crippen molar-refractivity contribution in [2.45, 2.75) is 19.6 Å². The Balaban J connectivity index is 1.74. The van der Waals surface area contributed by atoms with E-state index in [1.807, 2.05) is 31.2 Å². The number of rotatable bonds is 4. The molecule has 92 valence electrons. The number of amides is 1. The van der Waals surface area contributed by atoms with Crippen LogP contribution in [0.25, 0.3) is 0 Å². The second-order valence-corrected chi connectivity index (χ2v) is 4.14. The molecule has 0 radical (unpaired) electrons. The average Bonchev–Trinajstić information content (AvgIpc) is 2.83. The molecule has 1 heterocycles. The number of hydrogen-bond acceptors (Lipinski definition) is 3. The number of carbonyl (C=O) groups is 1. The lowest BCUT2D eigenvalue weighted by Gasteiger charge is -2.10. The highest BCUT2D eigenvalue weighted by Gasteiger charge is 2.16. The first-order valence-electron chi connectivity index (χ1n) is 5.79. The van der Waals surface area contributed by atoms with Crippen LogP contribution in [0.15, 0.2) is 24.3 Å². The smallest absolute Gasteiger partial charge is 0.224 e. The standard InChI is InChI=1S/C13H17NO3/c1-10-2-4-11(5-3-10)8-12(15)14-9-13-16-6-7-17-13/h2-5,13H,6-9H2,1H3,(H,14,15). The third-order valence-electron chi connectivity index (χ3n) is 2.64. The van der Waals surface area contributed by atoms with E-state index in [2.05, 4.69) is 5.32 Å². The minimum absolute atomic E-state index is 0.00652. The van der Waals surface area contributed by atoms with Crippen molar-refractivity contribution in [3.8, 4) is 0 Å². The molecule has 0 aromatic heterocycles. The maximum Gasteiger partial charge on any atom is 0.224 e. The van der Waals surface area contributed by atoms with E-state index in [1.165, 1.54) is 5.56 Å². The summed E-state index contributed by atoms with van der Waals surface area (Å²) in [6.45, 7) is 3.67. The van der Waals surface area contributed by atoms with Crippen molar-refractivity contribution in [2.75, 3.05) is 19.8 Å². The number of ether oxygens (including phenoxy) is 2. The molecule has 0 atom stereocenters. The number of nitrogens with one attached hydrogen (secondary N) is 1. The lowest BCUT2D eigenvalue weighted by Crippen LogP contribution is -2.33. The topological polar surface area (TPSA) is 47.6 Å². The second-order valence-electron chi connectivity index (χ2n) is 4.14. The molecule has 1 N–H and O–H groups in total. The fourth-order valence-electron chi connectivity index (χ4n) is 1.68. The minimum Gasteiger partial charge on any atom is -0.351 e. The van der Waals surface area contributed by atoms with Gasteiger partial charge in [0.15, 0.2) is 6.29 Å². The Bertz CT molecular complexity index is 369. The van der Waals surface area contributed by atoms with Gasteiger partial charge < -0.3 is 14.8 Å². The normalized spacial score (nSPS) is 16.1. The number of aryl methyl sites for hydroxylation is 1. The maximum absolute atomic E-state index is 11.6. The van der Waals surface area contributed by atoms with Crippen LogP contribution >= 0.6 is 0 Å². The molecular weight excluding hydrogens is 218 g/mol. The number of carbonyl (C=O) groups excluding carboxylic acids is 1. The maximum atomic E-state index is 11.6. The van der Waals surface area contributed by atoms with Crippen LogP contribution in [0.2, 0.25) is 0 Å². The van der Waals surface area contributed by atoms with Crippen molar-refractivity contribution in [3.63, 3.8) is 0 Å². The molecule has 0 aliphatic carbocycles. The molecule has 1 saturated heterocycles. The molecule has 1 fully saturated rings. The Kier molecular flexibility index (Phi) is 4.12. The summed E-state index contributed by atoms with van der Waals surface area (Å²) in [5.41, 5.74) is 2.21. The Morgan fingerprint density at radius 3 is 2.59 bits per heavy atom. The van der Waals surface area contributed by atoms with Crippen LogP contribution in [0, 0.1) is 6.92 Å². The van der Waals surface area contributed by atoms with Crippen LogP contribution in [-0.4, -0.2) is 32.0 Å². The molecule has 17 heavy (non-hydrogen) atoms. The summed E-state index contributed by atoms with van der Waals surface area (Å²) in [6.07, 6.45) is 0.115. The van der Waals surface area contributed by atoms with Gasteiger partial charge in [0.05, 0.1) is 26.2 Å². The molecule has 1 amide bonds. The van der Waals surface area contributed by atoms with Crippen molar-refractivity contribution >= 4 is 5.91 Å². The van der Waals surface area contributed by atoms with E-state index in [4.69, 9.17) is 9.47 Å². The highest BCUT2D eigenvalue weighted by atomic mass is 16.7. The van der Waals surface area contributed by atoms with Gasteiger partial charge in [-0.25, -0.2) is 0 Å². The van der Waals surface area contributed by atoms with Gasteiger partial charge in [0, 0.05) is 0 Å². The van der Waals surface area contributed by atoms with E-state index in [9.17, 15) is 4.79 Å². The van der Waals surface area contributed by atoms with Crippen molar-refractivity contribution in [2.24, 2.45) is 0 Å². The lowest BCUT2D eigenvalue weighted by atomic mass is 10.1. The van der Waals surface area contributed by atoms with Crippen molar-refractivity contribution < 1.29 is 14.3 Å². The van der Waals surface area contributed by atoms with E-state index < -0.39 is 0 Å². The molecule has 1 aromatic rings. The molecule has 1 aliphatic heterocycles. The van der Waals surface area contributed by atoms with E-state index >= 15 is 0 Å². The van der Waals surface area contributed by atoms with Crippen molar-refractivity contribution in [1.82, 2.24) is 5.32 Å². The quantitative estimate of drug-likeness (QED) is 0.847.